The van der Waals surface area contributed by atoms with E-state index < -0.39 is 30.4 Å². The molecule has 0 aliphatic rings. The Labute approximate surface area is 104 Å². The summed E-state index contributed by atoms with van der Waals surface area (Å²) in [5, 5.41) is 19.5. The average molecular weight is 258 g/mol. The molecule has 0 aromatic heterocycles. The van der Waals surface area contributed by atoms with E-state index in [1.54, 1.807) is 0 Å². The van der Waals surface area contributed by atoms with Gasteiger partial charge in [0.05, 0.1) is 26.7 Å². The Kier molecular flexibility index (Phi) is 5.06. The monoisotopic (exact) mass is 258 g/mol. The van der Waals surface area contributed by atoms with Crippen LogP contribution in [0.2, 0.25) is 0 Å². The molecule has 0 aliphatic carbocycles. The van der Waals surface area contributed by atoms with Crippen molar-refractivity contribution in [2.45, 2.75) is 18.6 Å². The SMILES string of the molecule is COC(=O)CC(O)C(O)c1cccc(F)c1OC. The van der Waals surface area contributed by atoms with Gasteiger partial charge < -0.3 is 19.7 Å². The van der Waals surface area contributed by atoms with Crippen molar-refractivity contribution in [1.82, 2.24) is 0 Å². The van der Waals surface area contributed by atoms with Crippen molar-refractivity contribution in [3.8, 4) is 5.75 Å². The highest BCUT2D eigenvalue weighted by Gasteiger charge is 2.25. The van der Waals surface area contributed by atoms with E-state index in [0.717, 1.165) is 0 Å². The molecule has 0 saturated heterocycles. The molecule has 6 heteroatoms. The zero-order chi connectivity index (χ0) is 13.7. The number of para-hydroxylation sites is 1. The summed E-state index contributed by atoms with van der Waals surface area (Å²) in [6, 6.07) is 3.95. The number of methoxy groups -OCH3 is 2. The maximum Gasteiger partial charge on any atom is 0.308 e. The molecule has 0 fully saturated rings. The number of carbonyl (C=O) groups is 1. The number of carbonyl (C=O) groups excluding carboxylic acids is 1. The molecule has 0 aliphatic heterocycles. The van der Waals surface area contributed by atoms with E-state index in [2.05, 4.69) is 4.74 Å². The topological polar surface area (TPSA) is 76.0 Å². The molecule has 2 N–H and O–H groups in total. The van der Waals surface area contributed by atoms with Gasteiger partial charge in [-0.15, -0.1) is 0 Å². The molecule has 0 bridgehead atoms. The van der Waals surface area contributed by atoms with E-state index in [-0.39, 0.29) is 11.3 Å². The zero-order valence-electron chi connectivity index (χ0n) is 10.1. The number of rotatable bonds is 5. The molecule has 0 heterocycles. The van der Waals surface area contributed by atoms with E-state index in [4.69, 9.17) is 4.74 Å². The van der Waals surface area contributed by atoms with Gasteiger partial charge in [-0.25, -0.2) is 4.39 Å². The summed E-state index contributed by atoms with van der Waals surface area (Å²) in [5.41, 5.74) is 0.0777. The van der Waals surface area contributed by atoms with Crippen LogP contribution in [0.3, 0.4) is 0 Å². The Balaban J connectivity index is 2.92. The number of hydrogen-bond donors (Lipinski definition) is 2. The van der Waals surface area contributed by atoms with Crippen LogP contribution in [-0.4, -0.2) is 36.5 Å². The summed E-state index contributed by atoms with van der Waals surface area (Å²) in [5.74, 6) is -1.48. The lowest BCUT2D eigenvalue weighted by Gasteiger charge is -2.19. The molecule has 0 spiro atoms. The van der Waals surface area contributed by atoms with Gasteiger partial charge in [-0.3, -0.25) is 4.79 Å². The summed E-state index contributed by atoms with van der Waals surface area (Å²) in [7, 11) is 2.42. The van der Waals surface area contributed by atoms with Crippen molar-refractivity contribution >= 4 is 5.97 Å². The summed E-state index contributed by atoms with van der Waals surface area (Å²) in [4.78, 5) is 11.0. The van der Waals surface area contributed by atoms with Crippen molar-refractivity contribution in [1.29, 1.82) is 0 Å². The van der Waals surface area contributed by atoms with Gasteiger partial charge >= 0.3 is 5.97 Å². The van der Waals surface area contributed by atoms with Gasteiger partial charge in [-0.05, 0) is 6.07 Å². The minimum Gasteiger partial charge on any atom is -0.493 e. The highest BCUT2D eigenvalue weighted by atomic mass is 19.1. The lowest BCUT2D eigenvalue weighted by atomic mass is 10.0. The van der Waals surface area contributed by atoms with E-state index in [1.807, 2.05) is 0 Å². The van der Waals surface area contributed by atoms with Crippen molar-refractivity contribution in [2.75, 3.05) is 14.2 Å². The fourth-order valence-corrected chi connectivity index (χ4v) is 1.55. The molecule has 18 heavy (non-hydrogen) atoms. The van der Waals surface area contributed by atoms with Gasteiger partial charge in [0.25, 0.3) is 0 Å². The number of halogens is 1. The van der Waals surface area contributed by atoms with Crippen LogP contribution in [0.1, 0.15) is 18.1 Å². The molecule has 0 radical (unpaired) electrons. The van der Waals surface area contributed by atoms with Crippen LogP contribution in [-0.2, 0) is 9.53 Å². The van der Waals surface area contributed by atoms with Crippen LogP contribution in [0.25, 0.3) is 0 Å². The van der Waals surface area contributed by atoms with E-state index >= 15 is 0 Å². The molecule has 1 aromatic carbocycles. The molecular formula is C12H15FO5. The Morgan fingerprint density at radius 1 is 1.39 bits per heavy atom. The third kappa shape index (κ3) is 3.18. The quantitative estimate of drug-likeness (QED) is 0.764. The predicted octanol–water partition coefficient (Wildman–Crippen LogP) is 0.792. The molecule has 2 unspecified atom stereocenters. The Morgan fingerprint density at radius 2 is 2.06 bits per heavy atom. The number of esters is 1. The third-order valence-electron chi connectivity index (χ3n) is 2.49. The molecule has 1 rings (SSSR count). The fourth-order valence-electron chi connectivity index (χ4n) is 1.55. The Bertz CT molecular complexity index is 421. The summed E-state index contributed by atoms with van der Waals surface area (Å²) in [6.07, 6.45) is -3.22. The summed E-state index contributed by atoms with van der Waals surface area (Å²) < 4.78 is 22.6. The number of ether oxygens (including phenoxy) is 2. The molecular weight excluding hydrogens is 243 g/mol. The van der Waals surface area contributed by atoms with Gasteiger partial charge in [0.15, 0.2) is 11.6 Å². The first-order chi connectivity index (χ1) is 8.51. The molecule has 5 nitrogen and oxygen atoms in total. The molecule has 2 atom stereocenters. The van der Waals surface area contributed by atoms with Crippen LogP contribution in [0.5, 0.6) is 5.75 Å². The number of aliphatic hydroxyl groups excluding tert-OH is 2. The maximum atomic E-state index is 13.4. The molecule has 1 aromatic rings. The maximum absolute atomic E-state index is 13.4. The normalized spacial score (nSPS) is 13.8. The van der Waals surface area contributed by atoms with Crippen LogP contribution in [0.15, 0.2) is 18.2 Å². The number of benzene rings is 1. The third-order valence-corrected chi connectivity index (χ3v) is 2.49. The lowest BCUT2D eigenvalue weighted by Crippen LogP contribution is -2.23. The van der Waals surface area contributed by atoms with Crippen LogP contribution >= 0.6 is 0 Å². The van der Waals surface area contributed by atoms with Crippen LogP contribution < -0.4 is 4.74 Å². The highest BCUT2D eigenvalue weighted by Crippen LogP contribution is 2.30. The first-order valence-corrected chi connectivity index (χ1v) is 5.26. The van der Waals surface area contributed by atoms with Gasteiger partial charge in [-0.1, -0.05) is 12.1 Å². The minimum atomic E-state index is -1.44. The van der Waals surface area contributed by atoms with Gasteiger partial charge in [0.1, 0.15) is 6.10 Å². The van der Waals surface area contributed by atoms with Gasteiger partial charge in [-0.2, -0.15) is 0 Å². The summed E-state index contributed by atoms with van der Waals surface area (Å²) in [6.45, 7) is 0. The lowest BCUT2D eigenvalue weighted by molar-refractivity contribution is -0.144. The first kappa shape index (κ1) is 14.4. The van der Waals surface area contributed by atoms with E-state index in [1.165, 1.54) is 32.4 Å². The summed E-state index contributed by atoms with van der Waals surface area (Å²) >= 11 is 0. The number of aliphatic hydroxyl groups is 2. The van der Waals surface area contributed by atoms with Gasteiger partial charge in [0, 0.05) is 5.56 Å². The Morgan fingerprint density at radius 3 is 2.61 bits per heavy atom. The van der Waals surface area contributed by atoms with Crippen molar-refractivity contribution in [3.63, 3.8) is 0 Å². The average Bonchev–Trinajstić information content (AvgIpc) is 2.37. The van der Waals surface area contributed by atoms with E-state index in [0.29, 0.717) is 0 Å². The second-order valence-corrected chi connectivity index (χ2v) is 3.65. The van der Waals surface area contributed by atoms with Crippen molar-refractivity contribution < 1.29 is 28.9 Å². The van der Waals surface area contributed by atoms with Gasteiger partial charge in [0.2, 0.25) is 0 Å². The van der Waals surface area contributed by atoms with Crippen LogP contribution in [0, 0.1) is 5.82 Å². The predicted molar refractivity (Wildman–Crippen MR) is 60.6 cm³/mol. The van der Waals surface area contributed by atoms with Crippen LogP contribution in [0.4, 0.5) is 4.39 Å². The smallest absolute Gasteiger partial charge is 0.308 e. The molecule has 0 saturated carbocycles. The van der Waals surface area contributed by atoms with Crippen molar-refractivity contribution in [3.05, 3.63) is 29.6 Å². The second-order valence-electron chi connectivity index (χ2n) is 3.65. The minimum absolute atomic E-state index is 0.0777. The fraction of sp³-hybridized carbons (Fsp3) is 0.417. The Hall–Kier alpha value is -1.66. The standard InChI is InChI=1S/C12H15FO5/c1-17-10(15)6-9(14)11(16)7-4-3-5-8(13)12(7)18-2/h3-5,9,11,14,16H,6H2,1-2H3. The zero-order valence-corrected chi connectivity index (χ0v) is 10.1. The molecule has 0 amide bonds. The largest absolute Gasteiger partial charge is 0.493 e. The second kappa shape index (κ2) is 6.32. The first-order valence-electron chi connectivity index (χ1n) is 5.26. The van der Waals surface area contributed by atoms with Crippen molar-refractivity contribution in [2.24, 2.45) is 0 Å². The highest BCUT2D eigenvalue weighted by molar-refractivity contribution is 5.69. The van der Waals surface area contributed by atoms with E-state index in [9.17, 15) is 19.4 Å². The molecule has 100 valence electrons. The number of hydrogen-bond acceptors (Lipinski definition) is 5.